The van der Waals surface area contributed by atoms with Crippen LogP contribution in [-0.2, 0) is 0 Å². The number of ether oxygens (including phenoxy) is 1. The van der Waals surface area contributed by atoms with Crippen molar-refractivity contribution in [1.82, 2.24) is 9.97 Å². The molecule has 100 valence electrons. The molecule has 20 heavy (non-hydrogen) atoms. The SMILES string of the molecule is CC=CCCOc1cnc(-c2ccc(C#N)cc2)nc1. The van der Waals surface area contributed by atoms with Gasteiger partial charge in [0, 0.05) is 5.56 Å². The zero-order valence-electron chi connectivity index (χ0n) is 11.3. The zero-order valence-corrected chi connectivity index (χ0v) is 11.3. The van der Waals surface area contributed by atoms with E-state index in [4.69, 9.17) is 10.00 Å². The Bertz CT molecular complexity index is 610. The van der Waals surface area contributed by atoms with Gasteiger partial charge in [-0.25, -0.2) is 9.97 Å². The van der Waals surface area contributed by atoms with Crippen LogP contribution in [0.4, 0.5) is 0 Å². The molecule has 0 saturated heterocycles. The predicted molar refractivity (Wildman–Crippen MR) is 77.1 cm³/mol. The van der Waals surface area contributed by atoms with Crippen molar-refractivity contribution in [3.8, 4) is 23.2 Å². The number of hydrogen-bond acceptors (Lipinski definition) is 4. The Balaban J connectivity index is 2.02. The fraction of sp³-hybridized carbons (Fsp3) is 0.188. The Morgan fingerprint density at radius 1 is 1.20 bits per heavy atom. The molecule has 0 N–H and O–H groups in total. The lowest BCUT2D eigenvalue weighted by Crippen LogP contribution is -1.97. The summed E-state index contributed by atoms with van der Waals surface area (Å²) in [5.41, 5.74) is 1.50. The van der Waals surface area contributed by atoms with Crippen LogP contribution >= 0.6 is 0 Å². The highest BCUT2D eigenvalue weighted by Crippen LogP contribution is 2.17. The van der Waals surface area contributed by atoms with Crippen LogP contribution in [0.2, 0.25) is 0 Å². The molecular weight excluding hydrogens is 250 g/mol. The summed E-state index contributed by atoms with van der Waals surface area (Å²) in [6, 6.07) is 9.25. The van der Waals surface area contributed by atoms with Crippen LogP contribution in [0.5, 0.6) is 5.75 Å². The molecule has 0 atom stereocenters. The molecule has 2 aromatic rings. The number of nitriles is 1. The van der Waals surface area contributed by atoms with Gasteiger partial charge < -0.3 is 4.74 Å². The molecule has 0 unspecified atom stereocenters. The summed E-state index contributed by atoms with van der Waals surface area (Å²) >= 11 is 0. The Hall–Kier alpha value is -2.67. The van der Waals surface area contributed by atoms with Crippen LogP contribution in [0.25, 0.3) is 11.4 Å². The highest BCUT2D eigenvalue weighted by Gasteiger charge is 2.02. The van der Waals surface area contributed by atoms with Gasteiger partial charge in [-0.15, -0.1) is 0 Å². The maximum atomic E-state index is 8.75. The van der Waals surface area contributed by atoms with Crippen molar-refractivity contribution in [1.29, 1.82) is 5.26 Å². The number of aromatic nitrogens is 2. The lowest BCUT2D eigenvalue weighted by Gasteiger charge is -2.04. The molecule has 0 aliphatic rings. The molecule has 1 aromatic carbocycles. The second-order valence-corrected chi connectivity index (χ2v) is 4.14. The fourth-order valence-electron chi connectivity index (χ4n) is 1.65. The normalized spacial score (nSPS) is 10.4. The summed E-state index contributed by atoms with van der Waals surface area (Å²) in [6.07, 6.45) is 8.24. The van der Waals surface area contributed by atoms with E-state index in [-0.39, 0.29) is 0 Å². The third-order valence-corrected chi connectivity index (χ3v) is 2.69. The van der Waals surface area contributed by atoms with E-state index in [2.05, 4.69) is 16.0 Å². The molecule has 0 aliphatic carbocycles. The molecule has 4 heteroatoms. The van der Waals surface area contributed by atoms with Crippen molar-refractivity contribution in [3.05, 3.63) is 54.4 Å². The quantitative estimate of drug-likeness (QED) is 0.614. The third kappa shape index (κ3) is 3.66. The van der Waals surface area contributed by atoms with E-state index < -0.39 is 0 Å². The van der Waals surface area contributed by atoms with Crippen molar-refractivity contribution in [2.45, 2.75) is 13.3 Å². The molecule has 1 aromatic heterocycles. The largest absolute Gasteiger partial charge is 0.490 e. The van der Waals surface area contributed by atoms with Crippen molar-refractivity contribution in [2.75, 3.05) is 6.61 Å². The minimum atomic E-state index is 0.615. The van der Waals surface area contributed by atoms with Crippen molar-refractivity contribution in [3.63, 3.8) is 0 Å². The fourth-order valence-corrected chi connectivity index (χ4v) is 1.65. The van der Waals surface area contributed by atoms with Crippen molar-refractivity contribution < 1.29 is 4.74 Å². The molecule has 0 saturated carbocycles. The van der Waals surface area contributed by atoms with E-state index >= 15 is 0 Å². The topological polar surface area (TPSA) is 58.8 Å². The Morgan fingerprint density at radius 3 is 2.50 bits per heavy atom. The maximum absolute atomic E-state index is 8.75. The van der Waals surface area contributed by atoms with Gasteiger partial charge in [0.05, 0.1) is 30.6 Å². The zero-order chi connectivity index (χ0) is 14.2. The monoisotopic (exact) mass is 265 g/mol. The van der Waals surface area contributed by atoms with Gasteiger partial charge in [-0.3, -0.25) is 0 Å². The molecular formula is C16H15N3O. The van der Waals surface area contributed by atoms with Crippen LogP contribution in [0.15, 0.2) is 48.8 Å². The summed E-state index contributed by atoms with van der Waals surface area (Å²) in [7, 11) is 0. The predicted octanol–water partition coefficient (Wildman–Crippen LogP) is 3.36. The molecule has 2 rings (SSSR count). The standard InChI is InChI=1S/C16H15N3O/c1-2-3-4-9-20-15-11-18-16(19-12-15)14-7-5-13(10-17)6-8-14/h2-3,5-8,11-12H,4,9H2,1H3. The second-order valence-electron chi connectivity index (χ2n) is 4.14. The van der Waals surface area contributed by atoms with Gasteiger partial charge in [0.15, 0.2) is 11.6 Å². The van der Waals surface area contributed by atoms with E-state index in [0.717, 1.165) is 12.0 Å². The van der Waals surface area contributed by atoms with E-state index in [1.54, 1.807) is 24.5 Å². The molecule has 0 amide bonds. The van der Waals surface area contributed by atoms with Gasteiger partial charge in [0.1, 0.15) is 0 Å². The third-order valence-electron chi connectivity index (χ3n) is 2.69. The Labute approximate surface area is 118 Å². The minimum Gasteiger partial charge on any atom is -0.490 e. The van der Waals surface area contributed by atoms with Crippen LogP contribution in [0.1, 0.15) is 18.9 Å². The van der Waals surface area contributed by atoms with Crippen LogP contribution in [-0.4, -0.2) is 16.6 Å². The lowest BCUT2D eigenvalue weighted by molar-refractivity contribution is 0.322. The Kier molecular flexibility index (Phi) is 4.85. The first-order valence-electron chi connectivity index (χ1n) is 6.40. The Morgan fingerprint density at radius 2 is 1.90 bits per heavy atom. The average Bonchev–Trinajstić information content (AvgIpc) is 2.52. The molecule has 0 spiro atoms. The molecule has 0 bridgehead atoms. The van der Waals surface area contributed by atoms with Gasteiger partial charge in [-0.2, -0.15) is 5.26 Å². The first kappa shape index (κ1) is 13.8. The van der Waals surface area contributed by atoms with E-state index in [9.17, 15) is 0 Å². The van der Waals surface area contributed by atoms with Crippen LogP contribution in [0.3, 0.4) is 0 Å². The summed E-state index contributed by atoms with van der Waals surface area (Å²) in [5, 5.41) is 8.75. The second kappa shape index (κ2) is 7.05. The molecule has 0 radical (unpaired) electrons. The van der Waals surface area contributed by atoms with Gasteiger partial charge in [-0.1, -0.05) is 12.2 Å². The van der Waals surface area contributed by atoms with Gasteiger partial charge >= 0.3 is 0 Å². The van der Waals surface area contributed by atoms with E-state index in [1.807, 2.05) is 31.2 Å². The molecule has 0 aliphatic heterocycles. The summed E-state index contributed by atoms with van der Waals surface area (Å²) in [4.78, 5) is 8.53. The van der Waals surface area contributed by atoms with Gasteiger partial charge in [0.25, 0.3) is 0 Å². The van der Waals surface area contributed by atoms with Crippen LogP contribution < -0.4 is 4.74 Å². The summed E-state index contributed by atoms with van der Waals surface area (Å²) in [5.74, 6) is 1.28. The number of benzene rings is 1. The molecule has 0 fully saturated rings. The highest BCUT2D eigenvalue weighted by atomic mass is 16.5. The van der Waals surface area contributed by atoms with E-state index in [0.29, 0.717) is 23.7 Å². The number of nitrogens with zero attached hydrogens (tertiary/aromatic N) is 3. The van der Waals surface area contributed by atoms with Crippen LogP contribution in [0, 0.1) is 11.3 Å². The average molecular weight is 265 g/mol. The van der Waals surface area contributed by atoms with Gasteiger partial charge in [-0.05, 0) is 37.6 Å². The van der Waals surface area contributed by atoms with Crippen molar-refractivity contribution >= 4 is 0 Å². The summed E-state index contributed by atoms with van der Waals surface area (Å²) in [6.45, 7) is 2.60. The first-order chi connectivity index (χ1) is 9.83. The minimum absolute atomic E-state index is 0.615. The number of rotatable bonds is 5. The highest BCUT2D eigenvalue weighted by molar-refractivity contribution is 5.56. The van der Waals surface area contributed by atoms with E-state index in [1.165, 1.54) is 0 Å². The number of allylic oxidation sites excluding steroid dienone is 1. The maximum Gasteiger partial charge on any atom is 0.159 e. The van der Waals surface area contributed by atoms with Gasteiger partial charge in [0.2, 0.25) is 0 Å². The summed E-state index contributed by atoms with van der Waals surface area (Å²) < 4.78 is 5.52. The van der Waals surface area contributed by atoms with Crippen molar-refractivity contribution in [2.24, 2.45) is 0 Å². The molecule has 1 heterocycles. The lowest BCUT2D eigenvalue weighted by atomic mass is 10.1. The molecule has 4 nitrogen and oxygen atoms in total. The first-order valence-corrected chi connectivity index (χ1v) is 6.40. The smallest absolute Gasteiger partial charge is 0.159 e. The number of hydrogen-bond donors (Lipinski definition) is 0.